The predicted molar refractivity (Wildman–Crippen MR) is 169 cm³/mol. The van der Waals surface area contributed by atoms with Gasteiger partial charge in [-0.3, -0.25) is 9.59 Å². The molecule has 5 rings (SSSR count). The number of aryl methyl sites for hydroxylation is 1. The van der Waals surface area contributed by atoms with Crippen LogP contribution < -0.4 is 15.4 Å². The Labute approximate surface area is 259 Å². The highest BCUT2D eigenvalue weighted by atomic mass is 16.5. The van der Waals surface area contributed by atoms with Gasteiger partial charge in [-0.05, 0) is 50.0 Å². The third kappa shape index (κ3) is 7.56. The van der Waals surface area contributed by atoms with Gasteiger partial charge in [-0.15, -0.1) is 0 Å². The Bertz CT molecular complexity index is 1480. The van der Waals surface area contributed by atoms with Gasteiger partial charge >= 0.3 is 6.09 Å². The van der Waals surface area contributed by atoms with Crippen molar-refractivity contribution in [2.24, 2.45) is 0 Å². The summed E-state index contributed by atoms with van der Waals surface area (Å²) < 4.78 is 12.1. The first-order valence-electron chi connectivity index (χ1n) is 15.7. The monoisotopic (exact) mass is 597 g/mol. The SMILES string of the molecule is [CH]=CNC(=O)[C@@H]1C[C@@H]2CN1C(=O)[C@H](CCCC)NC(=O)OCCCCCCc1ccc3nc(-c4ccccc4)cc(c3c1)O2. The number of unbranched alkanes of at least 4 members (excludes halogenated alkanes) is 1. The summed E-state index contributed by atoms with van der Waals surface area (Å²) in [4.78, 5) is 46.2. The largest absolute Gasteiger partial charge is 0.488 e. The highest BCUT2D eigenvalue weighted by Crippen LogP contribution is 2.34. The standard InChI is InChI=1S/C35H41N4O5/c1-3-5-16-29-34(41)39-23-26(21-31(39)33(40)36-4-2)44-32-22-30(25-14-10-8-11-15-25)37-28-18-17-24(20-27(28)32)13-9-6-7-12-19-43-35(42)38-29/h2,4,8,10-11,14-15,17-18,20,22,26,29,31H,3,5-7,9,12-13,16,19,21,23H2,1H3,(H,36,40)(H,38,42)/t26-,29+,31+/m1/s1. The topological polar surface area (TPSA) is 110 Å². The molecule has 2 aromatic carbocycles. The van der Waals surface area contributed by atoms with Crippen molar-refractivity contribution >= 4 is 28.8 Å². The number of cyclic esters (lactones) is 1. The minimum atomic E-state index is -0.825. The summed E-state index contributed by atoms with van der Waals surface area (Å²) in [6, 6.07) is 16.5. The van der Waals surface area contributed by atoms with Gasteiger partial charge in [-0.2, -0.15) is 0 Å². The number of carbonyl (C=O) groups is 3. The lowest BCUT2D eigenvalue weighted by Gasteiger charge is -2.28. The van der Waals surface area contributed by atoms with Crippen molar-refractivity contribution in [1.29, 1.82) is 0 Å². The highest BCUT2D eigenvalue weighted by molar-refractivity contribution is 5.92. The summed E-state index contributed by atoms with van der Waals surface area (Å²) in [5.41, 5.74) is 3.74. The van der Waals surface area contributed by atoms with Gasteiger partial charge < -0.3 is 25.0 Å². The van der Waals surface area contributed by atoms with Crippen molar-refractivity contribution in [2.45, 2.75) is 82.9 Å². The molecule has 1 fully saturated rings. The van der Waals surface area contributed by atoms with Gasteiger partial charge in [0.1, 0.15) is 23.9 Å². The summed E-state index contributed by atoms with van der Waals surface area (Å²) >= 11 is 0. The second-order valence-electron chi connectivity index (χ2n) is 11.5. The van der Waals surface area contributed by atoms with Crippen LogP contribution in [0.1, 0.15) is 63.9 Å². The van der Waals surface area contributed by atoms with Gasteiger partial charge in [0, 0.05) is 29.6 Å². The molecule has 3 aromatic rings. The molecular formula is C35H41N4O5. The maximum atomic E-state index is 14.0. The Morgan fingerprint density at radius 3 is 2.73 bits per heavy atom. The molecular weight excluding hydrogens is 556 g/mol. The lowest BCUT2D eigenvalue weighted by atomic mass is 10.0. The number of rotatable bonds is 6. The van der Waals surface area contributed by atoms with Crippen LogP contribution in [0.5, 0.6) is 5.75 Å². The number of amides is 3. The van der Waals surface area contributed by atoms with Crippen molar-refractivity contribution in [3.05, 3.63) is 72.9 Å². The van der Waals surface area contributed by atoms with Gasteiger partial charge in [0.05, 0.1) is 24.4 Å². The van der Waals surface area contributed by atoms with E-state index in [2.05, 4.69) is 22.8 Å². The smallest absolute Gasteiger partial charge is 0.407 e. The first-order chi connectivity index (χ1) is 21.5. The van der Waals surface area contributed by atoms with E-state index in [1.807, 2.05) is 49.4 Å². The molecule has 3 amide bonds. The van der Waals surface area contributed by atoms with Crippen molar-refractivity contribution < 1.29 is 23.9 Å². The molecule has 0 aliphatic carbocycles. The molecule has 1 saturated heterocycles. The second kappa shape index (κ2) is 14.9. The average Bonchev–Trinajstić information content (AvgIpc) is 3.46. The number of pyridine rings is 1. The molecule has 3 atom stereocenters. The summed E-state index contributed by atoms with van der Waals surface area (Å²) in [7, 11) is 0. The van der Waals surface area contributed by atoms with Crippen LogP contribution in [0.3, 0.4) is 0 Å². The zero-order valence-corrected chi connectivity index (χ0v) is 25.3. The maximum Gasteiger partial charge on any atom is 0.407 e. The molecule has 2 aliphatic rings. The Hall–Kier alpha value is -4.40. The molecule has 3 heterocycles. The van der Waals surface area contributed by atoms with Crippen molar-refractivity contribution in [1.82, 2.24) is 20.5 Å². The summed E-state index contributed by atoms with van der Waals surface area (Å²) in [6.07, 6.45) is 6.83. The molecule has 1 radical (unpaired) electrons. The lowest BCUT2D eigenvalue weighted by Crippen LogP contribution is -2.53. The van der Waals surface area contributed by atoms with Crippen LogP contribution in [0.4, 0.5) is 4.79 Å². The number of alkyl carbamates (subject to hydrolysis) is 1. The predicted octanol–water partition coefficient (Wildman–Crippen LogP) is 5.71. The molecule has 4 bridgehead atoms. The van der Waals surface area contributed by atoms with Crippen LogP contribution in [0.25, 0.3) is 22.2 Å². The van der Waals surface area contributed by atoms with Gasteiger partial charge in [0.25, 0.3) is 0 Å². The zero-order valence-electron chi connectivity index (χ0n) is 25.3. The van der Waals surface area contributed by atoms with E-state index in [4.69, 9.17) is 21.0 Å². The average molecular weight is 598 g/mol. The second-order valence-corrected chi connectivity index (χ2v) is 11.5. The molecule has 9 heteroatoms. The number of hydrogen-bond donors (Lipinski definition) is 2. The number of benzene rings is 2. The first kappa shape index (κ1) is 31.0. The third-order valence-corrected chi connectivity index (χ3v) is 8.30. The molecule has 2 aliphatic heterocycles. The van der Waals surface area contributed by atoms with E-state index in [1.165, 1.54) is 10.5 Å². The van der Waals surface area contributed by atoms with Crippen LogP contribution in [-0.2, 0) is 20.7 Å². The quantitative estimate of drug-likeness (QED) is 0.377. The van der Waals surface area contributed by atoms with Crippen LogP contribution in [0, 0.1) is 6.58 Å². The Kier molecular flexibility index (Phi) is 10.5. The van der Waals surface area contributed by atoms with Gasteiger partial charge in [0.2, 0.25) is 11.8 Å². The summed E-state index contributed by atoms with van der Waals surface area (Å²) in [6.45, 7) is 8.00. The van der Waals surface area contributed by atoms with Gasteiger partial charge in [-0.25, -0.2) is 9.78 Å². The molecule has 0 spiro atoms. The molecule has 44 heavy (non-hydrogen) atoms. The molecule has 0 saturated carbocycles. The van der Waals surface area contributed by atoms with Gasteiger partial charge in [0.15, 0.2) is 0 Å². The normalized spacial score (nSPS) is 21.4. The Balaban J connectivity index is 1.53. The maximum absolute atomic E-state index is 14.0. The third-order valence-electron chi connectivity index (χ3n) is 8.30. The minimum Gasteiger partial charge on any atom is -0.488 e. The number of nitrogens with one attached hydrogen (secondary N) is 2. The van der Waals surface area contributed by atoms with Crippen molar-refractivity contribution in [3.8, 4) is 17.0 Å². The number of ether oxygens (including phenoxy) is 2. The highest BCUT2D eigenvalue weighted by Gasteiger charge is 2.43. The van der Waals surface area contributed by atoms with E-state index in [0.717, 1.165) is 73.3 Å². The molecule has 2 N–H and O–H groups in total. The summed E-state index contributed by atoms with van der Waals surface area (Å²) in [5, 5.41) is 6.20. The number of hydrogen-bond acceptors (Lipinski definition) is 6. The zero-order chi connectivity index (χ0) is 30.9. The van der Waals surface area contributed by atoms with Crippen LogP contribution >= 0.6 is 0 Å². The Morgan fingerprint density at radius 1 is 1.11 bits per heavy atom. The molecule has 9 nitrogen and oxygen atoms in total. The van der Waals surface area contributed by atoms with Crippen LogP contribution in [0.2, 0.25) is 0 Å². The van der Waals surface area contributed by atoms with E-state index in [0.29, 0.717) is 12.2 Å². The number of nitrogens with zero attached hydrogens (tertiary/aromatic N) is 2. The van der Waals surface area contributed by atoms with E-state index >= 15 is 0 Å². The number of aromatic nitrogens is 1. The number of carbonyl (C=O) groups excluding carboxylic acids is 3. The molecule has 231 valence electrons. The van der Waals surface area contributed by atoms with E-state index in [-0.39, 0.29) is 25.5 Å². The summed E-state index contributed by atoms with van der Waals surface area (Å²) in [5.74, 6) is -0.0945. The van der Waals surface area contributed by atoms with E-state index in [9.17, 15) is 14.4 Å². The fourth-order valence-corrected chi connectivity index (χ4v) is 5.98. The fraction of sp³-hybridized carbons (Fsp3) is 0.429. The first-order valence-corrected chi connectivity index (χ1v) is 15.7. The van der Waals surface area contributed by atoms with E-state index in [1.54, 1.807) is 0 Å². The van der Waals surface area contributed by atoms with Crippen LogP contribution in [0.15, 0.2) is 60.8 Å². The number of fused-ring (bicyclic) bond motifs is 3. The van der Waals surface area contributed by atoms with Crippen molar-refractivity contribution in [3.63, 3.8) is 0 Å². The fourth-order valence-electron chi connectivity index (χ4n) is 5.98. The van der Waals surface area contributed by atoms with Crippen molar-refractivity contribution in [2.75, 3.05) is 13.2 Å². The minimum absolute atomic E-state index is 0.172. The van der Waals surface area contributed by atoms with Gasteiger partial charge in [-0.1, -0.05) is 69.0 Å². The lowest BCUT2D eigenvalue weighted by molar-refractivity contribution is -0.139. The van der Waals surface area contributed by atoms with E-state index < -0.39 is 30.2 Å². The van der Waals surface area contributed by atoms with Crippen LogP contribution in [-0.4, -0.2) is 59.1 Å². The molecule has 1 aromatic heterocycles. The molecule has 0 unspecified atom stereocenters. The Morgan fingerprint density at radius 2 is 1.93 bits per heavy atom.